The van der Waals surface area contributed by atoms with Gasteiger partial charge in [0.25, 0.3) is 11.6 Å². The highest BCUT2D eigenvalue weighted by atomic mass is 35.5. The summed E-state index contributed by atoms with van der Waals surface area (Å²) in [4.78, 5) is 33.8. The number of pyridine rings is 1. The summed E-state index contributed by atoms with van der Waals surface area (Å²) < 4.78 is 9.83. The highest BCUT2D eigenvalue weighted by Gasteiger charge is 2.21. The molecule has 0 aliphatic carbocycles. The highest BCUT2D eigenvalue weighted by molar-refractivity contribution is 6.36. The molecule has 3 heterocycles. The zero-order valence-corrected chi connectivity index (χ0v) is 17.7. The first-order chi connectivity index (χ1) is 14.4. The molecule has 0 aliphatic heterocycles. The number of nitrogens with zero attached hydrogens (tertiary/aromatic N) is 5. The van der Waals surface area contributed by atoms with Gasteiger partial charge in [0.2, 0.25) is 0 Å². The number of hydrogen-bond acceptors (Lipinski definition) is 5. The van der Waals surface area contributed by atoms with Gasteiger partial charge in [-0.05, 0) is 18.2 Å². The van der Waals surface area contributed by atoms with Crippen molar-refractivity contribution in [2.24, 2.45) is 14.1 Å². The van der Waals surface area contributed by atoms with Gasteiger partial charge in [0.05, 0.1) is 6.54 Å². The molecule has 0 spiro atoms. The number of aromatic nitrogens is 5. The van der Waals surface area contributed by atoms with Crippen molar-refractivity contribution in [2.75, 3.05) is 0 Å². The molecule has 0 fully saturated rings. The van der Waals surface area contributed by atoms with Crippen LogP contribution in [0, 0.1) is 0 Å². The molecule has 0 amide bonds. The maximum Gasteiger partial charge on any atom is 0.332 e. The largest absolute Gasteiger partial charge is 0.460 e. The second-order valence-corrected chi connectivity index (χ2v) is 7.52. The van der Waals surface area contributed by atoms with E-state index in [0.717, 1.165) is 10.1 Å². The molecular weight excluding hydrogens is 429 g/mol. The third kappa shape index (κ3) is 3.48. The average molecular weight is 446 g/mol. The lowest BCUT2D eigenvalue weighted by molar-refractivity contribution is 0.270. The molecular formula is C20H17Cl2N5O3. The van der Waals surface area contributed by atoms with Gasteiger partial charge in [-0.2, -0.15) is 4.98 Å². The van der Waals surface area contributed by atoms with Crippen LogP contribution in [0.15, 0.2) is 52.3 Å². The van der Waals surface area contributed by atoms with Crippen molar-refractivity contribution in [3.63, 3.8) is 0 Å². The Morgan fingerprint density at radius 1 is 1.03 bits per heavy atom. The van der Waals surface area contributed by atoms with Crippen LogP contribution in [0.2, 0.25) is 10.0 Å². The molecule has 1 aromatic carbocycles. The normalized spacial score (nSPS) is 11.2. The van der Waals surface area contributed by atoms with Crippen molar-refractivity contribution in [2.45, 2.75) is 13.2 Å². The second-order valence-electron chi connectivity index (χ2n) is 6.71. The molecule has 0 bridgehead atoms. The Balaban J connectivity index is 1.90. The van der Waals surface area contributed by atoms with Crippen molar-refractivity contribution >= 4 is 34.4 Å². The Morgan fingerprint density at radius 2 is 1.77 bits per heavy atom. The minimum absolute atomic E-state index is 0.144. The van der Waals surface area contributed by atoms with Gasteiger partial charge in [0, 0.05) is 47.7 Å². The van der Waals surface area contributed by atoms with Gasteiger partial charge in [-0.15, -0.1) is 0 Å². The van der Waals surface area contributed by atoms with Crippen LogP contribution >= 0.6 is 23.2 Å². The summed E-state index contributed by atoms with van der Waals surface area (Å²) in [5.74, 6) is 0. The minimum Gasteiger partial charge on any atom is -0.460 e. The van der Waals surface area contributed by atoms with E-state index >= 15 is 0 Å². The first-order valence-corrected chi connectivity index (χ1v) is 9.75. The third-order valence-electron chi connectivity index (χ3n) is 4.78. The molecule has 0 atom stereocenters. The van der Waals surface area contributed by atoms with Crippen LogP contribution in [0.4, 0.5) is 0 Å². The summed E-state index contributed by atoms with van der Waals surface area (Å²) in [6.45, 7) is 0.326. The molecule has 3 aromatic heterocycles. The fourth-order valence-corrected chi connectivity index (χ4v) is 3.67. The van der Waals surface area contributed by atoms with E-state index in [1.165, 1.54) is 11.6 Å². The van der Waals surface area contributed by atoms with Crippen molar-refractivity contribution in [3.05, 3.63) is 84.7 Å². The molecule has 0 N–H and O–H groups in total. The zero-order chi connectivity index (χ0) is 21.4. The van der Waals surface area contributed by atoms with Gasteiger partial charge >= 0.3 is 5.69 Å². The molecule has 8 nitrogen and oxygen atoms in total. The average Bonchev–Trinajstić information content (AvgIpc) is 3.11. The third-order valence-corrected chi connectivity index (χ3v) is 5.49. The van der Waals surface area contributed by atoms with Crippen molar-refractivity contribution in [3.8, 4) is 6.01 Å². The Hall–Kier alpha value is -3.10. The van der Waals surface area contributed by atoms with Gasteiger partial charge in [-0.3, -0.25) is 23.5 Å². The number of aryl methyl sites for hydroxylation is 1. The topological polar surface area (TPSA) is 83.9 Å². The smallest absolute Gasteiger partial charge is 0.332 e. The molecule has 154 valence electrons. The summed E-state index contributed by atoms with van der Waals surface area (Å²) in [6, 6.07) is 8.99. The summed E-state index contributed by atoms with van der Waals surface area (Å²) in [5, 5.41) is 0.897. The predicted octanol–water partition coefficient (Wildman–Crippen LogP) is 2.76. The minimum atomic E-state index is -0.486. The molecule has 0 aliphatic rings. The van der Waals surface area contributed by atoms with Gasteiger partial charge in [0.1, 0.15) is 6.61 Å². The Morgan fingerprint density at radius 3 is 2.43 bits per heavy atom. The van der Waals surface area contributed by atoms with Gasteiger partial charge < -0.3 is 4.74 Å². The van der Waals surface area contributed by atoms with E-state index in [9.17, 15) is 9.59 Å². The number of fused-ring (bicyclic) bond motifs is 1. The first kappa shape index (κ1) is 20.2. The summed E-state index contributed by atoms with van der Waals surface area (Å²) >= 11 is 12.7. The highest BCUT2D eigenvalue weighted by Crippen LogP contribution is 2.28. The van der Waals surface area contributed by atoms with Crippen molar-refractivity contribution < 1.29 is 4.74 Å². The van der Waals surface area contributed by atoms with Crippen LogP contribution in [0.25, 0.3) is 11.2 Å². The van der Waals surface area contributed by atoms with Gasteiger partial charge in [0.15, 0.2) is 11.2 Å². The van der Waals surface area contributed by atoms with Crippen LogP contribution in [-0.4, -0.2) is 23.7 Å². The molecule has 30 heavy (non-hydrogen) atoms. The fourth-order valence-electron chi connectivity index (χ4n) is 3.16. The quantitative estimate of drug-likeness (QED) is 0.471. The van der Waals surface area contributed by atoms with Gasteiger partial charge in [-0.1, -0.05) is 35.3 Å². The maximum absolute atomic E-state index is 12.9. The maximum atomic E-state index is 12.9. The number of halogens is 2. The van der Waals surface area contributed by atoms with E-state index in [1.54, 1.807) is 48.3 Å². The van der Waals surface area contributed by atoms with Crippen LogP contribution in [0.3, 0.4) is 0 Å². The number of benzene rings is 1. The van der Waals surface area contributed by atoms with Gasteiger partial charge in [-0.25, -0.2) is 4.79 Å². The SMILES string of the molecule is Cn1c(=O)c2c(nc(OCc3cccnc3)n2Cc2c(Cl)cccc2Cl)n(C)c1=O. The fraction of sp³-hybridized carbons (Fsp3) is 0.200. The lowest BCUT2D eigenvalue weighted by atomic mass is 10.2. The standard InChI is InChI=1S/C20H17Cl2N5O3/c1-25-17-16(18(28)26(2)20(25)29)27(10-13-14(21)6-3-7-15(13)22)19(24-17)30-11-12-5-4-8-23-9-12/h3-9H,10-11H2,1-2H3. The van der Waals surface area contributed by atoms with Crippen LogP contribution in [0.5, 0.6) is 6.01 Å². The number of imidazole rings is 1. The predicted molar refractivity (Wildman–Crippen MR) is 114 cm³/mol. The van der Waals surface area contributed by atoms with E-state index in [1.807, 2.05) is 6.07 Å². The number of ether oxygens (including phenoxy) is 1. The molecule has 4 aromatic rings. The lowest BCUT2D eigenvalue weighted by Crippen LogP contribution is -2.37. The molecule has 0 radical (unpaired) electrons. The number of rotatable bonds is 5. The second kappa shape index (κ2) is 7.97. The van der Waals surface area contributed by atoms with E-state index in [4.69, 9.17) is 27.9 Å². The Bertz CT molecular complexity index is 1340. The van der Waals surface area contributed by atoms with Crippen LogP contribution in [0.1, 0.15) is 11.1 Å². The first-order valence-electron chi connectivity index (χ1n) is 8.99. The van der Waals surface area contributed by atoms with Crippen molar-refractivity contribution in [1.82, 2.24) is 23.7 Å². The molecule has 0 unspecified atom stereocenters. The lowest BCUT2D eigenvalue weighted by Gasteiger charge is -2.12. The van der Waals surface area contributed by atoms with Crippen LogP contribution < -0.4 is 16.0 Å². The number of hydrogen-bond donors (Lipinski definition) is 0. The van der Waals surface area contributed by atoms with Crippen molar-refractivity contribution in [1.29, 1.82) is 0 Å². The van der Waals surface area contributed by atoms with E-state index in [-0.39, 0.29) is 30.3 Å². The summed E-state index contributed by atoms with van der Waals surface area (Å²) in [7, 11) is 2.97. The van der Waals surface area contributed by atoms with Crippen LogP contribution in [-0.2, 0) is 27.2 Å². The molecule has 10 heteroatoms. The molecule has 0 saturated carbocycles. The Kier molecular flexibility index (Phi) is 5.36. The van der Waals surface area contributed by atoms with E-state index < -0.39 is 11.2 Å². The Labute approximate surface area is 180 Å². The van der Waals surface area contributed by atoms with E-state index in [2.05, 4.69) is 9.97 Å². The summed E-state index contributed by atoms with van der Waals surface area (Å²) in [6.07, 6.45) is 3.34. The van der Waals surface area contributed by atoms with E-state index in [0.29, 0.717) is 15.6 Å². The zero-order valence-electron chi connectivity index (χ0n) is 16.2. The summed E-state index contributed by atoms with van der Waals surface area (Å²) in [5.41, 5.74) is 0.909. The molecule has 0 saturated heterocycles. The monoisotopic (exact) mass is 445 g/mol. The molecule has 4 rings (SSSR count).